The van der Waals surface area contributed by atoms with E-state index in [0.29, 0.717) is 37.9 Å². The Labute approximate surface area is 249 Å². The highest BCUT2D eigenvalue weighted by atomic mass is 19.4. The second-order valence-electron chi connectivity index (χ2n) is 10.6. The number of fused-ring (bicyclic) bond motifs is 16. The van der Waals surface area contributed by atoms with E-state index < -0.39 is 18.8 Å². The smallest absolute Gasteiger partial charge is 0.422 e. The Bertz CT molecular complexity index is 1350. The highest BCUT2D eigenvalue weighted by molar-refractivity contribution is 5.78. The summed E-state index contributed by atoms with van der Waals surface area (Å²) in [6.07, 6.45) is 3.36. The number of halogens is 3. The average molecular weight is 599 g/mol. The monoisotopic (exact) mass is 598 g/mol. The molecular weight excluding hydrogens is 561 g/mol. The zero-order chi connectivity index (χ0) is 30.5. The lowest BCUT2D eigenvalue weighted by Crippen LogP contribution is -2.22. The van der Waals surface area contributed by atoms with E-state index in [-0.39, 0.29) is 30.1 Å². The van der Waals surface area contributed by atoms with Gasteiger partial charge in [0.2, 0.25) is 17.8 Å². The van der Waals surface area contributed by atoms with Crippen molar-refractivity contribution in [1.29, 1.82) is 0 Å². The van der Waals surface area contributed by atoms with Gasteiger partial charge in [-0.3, -0.25) is 9.59 Å². The van der Waals surface area contributed by atoms with Crippen LogP contribution in [0.3, 0.4) is 0 Å². The first-order valence-corrected chi connectivity index (χ1v) is 14.6. The molecule has 5 rings (SSSR count). The summed E-state index contributed by atoms with van der Waals surface area (Å²) >= 11 is 0. The lowest BCUT2D eigenvalue weighted by molar-refractivity contribution is -0.154. The molecule has 3 heterocycles. The quantitative estimate of drug-likeness (QED) is 0.309. The molecule has 1 aromatic heterocycles. The van der Waals surface area contributed by atoms with Crippen LogP contribution in [0.15, 0.2) is 48.5 Å². The molecular formula is C31H37F3N6O3. The molecule has 0 atom stereocenters. The van der Waals surface area contributed by atoms with E-state index in [2.05, 4.69) is 30.9 Å². The summed E-state index contributed by atoms with van der Waals surface area (Å²) in [7, 11) is 0. The van der Waals surface area contributed by atoms with Crippen LogP contribution < -0.4 is 20.7 Å². The number of benzene rings is 2. The first kappa shape index (κ1) is 31.7. The number of hydrogen-bond acceptors (Lipinski definition) is 8. The largest absolute Gasteiger partial charge is 0.454 e. The van der Waals surface area contributed by atoms with Gasteiger partial charge in [0.05, 0.1) is 0 Å². The molecule has 230 valence electrons. The zero-order valence-corrected chi connectivity index (χ0v) is 24.0. The zero-order valence-electron chi connectivity index (χ0n) is 24.0. The van der Waals surface area contributed by atoms with Gasteiger partial charge >= 0.3 is 12.2 Å². The number of nitrogens with zero attached hydrogens (tertiary/aromatic N) is 3. The molecule has 0 aliphatic carbocycles. The van der Waals surface area contributed by atoms with Crippen molar-refractivity contribution in [3.63, 3.8) is 0 Å². The van der Waals surface area contributed by atoms with Crippen LogP contribution in [0.5, 0.6) is 6.01 Å². The third-order valence-electron chi connectivity index (χ3n) is 6.92. The molecule has 0 radical (unpaired) electrons. The molecule has 9 nitrogen and oxygen atoms in total. The highest BCUT2D eigenvalue weighted by Gasteiger charge is 2.29. The fourth-order valence-corrected chi connectivity index (χ4v) is 4.63. The normalized spacial score (nSPS) is 16.3. The molecule has 2 aliphatic rings. The van der Waals surface area contributed by atoms with Crippen molar-refractivity contribution in [2.24, 2.45) is 0 Å². The van der Waals surface area contributed by atoms with E-state index in [0.717, 1.165) is 55.2 Å². The number of ether oxygens (including phenoxy) is 1. The van der Waals surface area contributed by atoms with Gasteiger partial charge in [-0.1, -0.05) is 62.1 Å². The number of alkyl halides is 3. The number of amides is 1. The van der Waals surface area contributed by atoms with Crippen molar-refractivity contribution in [1.82, 2.24) is 20.3 Å². The Morgan fingerprint density at radius 3 is 2.07 bits per heavy atom. The van der Waals surface area contributed by atoms with Crippen LogP contribution in [0, 0.1) is 0 Å². The van der Waals surface area contributed by atoms with Gasteiger partial charge in [-0.25, -0.2) is 0 Å². The van der Waals surface area contributed by atoms with E-state index in [1.807, 2.05) is 36.4 Å². The highest BCUT2D eigenvalue weighted by Crippen LogP contribution is 2.21. The van der Waals surface area contributed by atoms with Crippen LogP contribution in [0.4, 0.5) is 30.8 Å². The molecule has 0 fully saturated rings. The summed E-state index contributed by atoms with van der Waals surface area (Å²) in [5.74, 6) is 0.266. The van der Waals surface area contributed by atoms with Crippen molar-refractivity contribution in [2.75, 3.05) is 17.2 Å². The predicted octanol–water partition coefficient (Wildman–Crippen LogP) is 6.42. The fraction of sp³-hybridized carbons (Fsp3) is 0.452. The first-order valence-electron chi connectivity index (χ1n) is 14.6. The van der Waals surface area contributed by atoms with Crippen LogP contribution in [0.1, 0.15) is 74.5 Å². The Balaban J connectivity index is 1.50. The van der Waals surface area contributed by atoms with Crippen molar-refractivity contribution < 1.29 is 27.5 Å². The summed E-state index contributed by atoms with van der Waals surface area (Å²) < 4.78 is 43.2. The standard InChI is InChI=1S/C31H37F3N6O3/c32-31(33,34)21-43-30-39-28-36-20-24-9-7-8-23(18-24)19-35-27(42)11-6-4-2-1-3-5-10-26(41)17-14-22-12-15-25(16-13-22)37-29(38-28)40-30/h7-9,12-13,15-16,18H,1-6,10-11,14,17,19-21H2,(H,35,42)(H2,36,37,38,39,40). The molecule has 0 spiro atoms. The molecule has 3 N–H and O–H groups in total. The second-order valence-corrected chi connectivity index (χ2v) is 10.6. The second kappa shape index (κ2) is 15.9. The van der Waals surface area contributed by atoms with Crippen molar-refractivity contribution in [2.45, 2.75) is 83.5 Å². The molecule has 2 aromatic carbocycles. The maximum absolute atomic E-state index is 12.8. The van der Waals surface area contributed by atoms with Crippen LogP contribution in [0.2, 0.25) is 0 Å². The van der Waals surface area contributed by atoms with Gasteiger partial charge in [-0.05, 0) is 48.1 Å². The van der Waals surface area contributed by atoms with Gasteiger partial charge in [0.25, 0.3) is 0 Å². The minimum absolute atomic E-state index is 0.00299. The van der Waals surface area contributed by atoms with Crippen LogP contribution in [-0.2, 0) is 29.1 Å². The summed E-state index contributed by atoms with van der Waals surface area (Å²) in [5, 5.41) is 8.96. The molecule has 43 heavy (non-hydrogen) atoms. The number of ketones is 1. The third kappa shape index (κ3) is 11.9. The average Bonchev–Trinajstić information content (AvgIpc) is 2.98. The number of aryl methyl sites for hydroxylation is 1. The topological polar surface area (TPSA) is 118 Å². The van der Waals surface area contributed by atoms with E-state index in [4.69, 9.17) is 4.74 Å². The Hall–Kier alpha value is -4.22. The molecule has 0 saturated heterocycles. The Morgan fingerprint density at radius 2 is 1.35 bits per heavy atom. The summed E-state index contributed by atoms with van der Waals surface area (Å²) in [6, 6.07) is 14.5. The third-order valence-corrected chi connectivity index (χ3v) is 6.92. The van der Waals surface area contributed by atoms with Gasteiger partial charge in [-0.2, -0.15) is 28.1 Å². The molecule has 0 saturated carbocycles. The molecule has 6 bridgehead atoms. The molecule has 2 aliphatic heterocycles. The SMILES string of the molecule is O=C1CCCCCCCCC(=O)NCc2cccc(c2)CNc2nc(nc(OCC(F)(F)F)n2)Nc2ccc(cc2)CC1. The molecule has 3 aromatic rings. The van der Waals surface area contributed by atoms with E-state index >= 15 is 0 Å². The van der Waals surface area contributed by atoms with Gasteiger partial charge in [0.15, 0.2) is 6.61 Å². The predicted molar refractivity (Wildman–Crippen MR) is 157 cm³/mol. The lowest BCUT2D eigenvalue weighted by Gasteiger charge is -2.13. The van der Waals surface area contributed by atoms with Crippen molar-refractivity contribution >= 4 is 29.3 Å². The van der Waals surface area contributed by atoms with E-state index in [1.165, 1.54) is 0 Å². The number of carbonyl (C=O) groups is 2. The maximum Gasteiger partial charge on any atom is 0.422 e. The molecule has 0 unspecified atom stereocenters. The summed E-state index contributed by atoms with van der Waals surface area (Å²) in [4.78, 5) is 37.0. The van der Waals surface area contributed by atoms with Crippen molar-refractivity contribution in [3.8, 4) is 6.01 Å². The number of rotatable bonds is 2. The number of carbonyl (C=O) groups excluding carboxylic acids is 2. The summed E-state index contributed by atoms with van der Waals surface area (Å²) in [6.45, 7) is -0.886. The first-order chi connectivity index (χ1) is 20.7. The van der Waals surface area contributed by atoms with Gasteiger partial charge in [-0.15, -0.1) is 0 Å². The fourth-order valence-electron chi connectivity index (χ4n) is 4.63. The van der Waals surface area contributed by atoms with E-state index in [1.54, 1.807) is 12.1 Å². The lowest BCUT2D eigenvalue weighted by atomic mass is 10.0. The maximum atomic E-state index is 12.8. The number of nitrogens with one attached hydrogen (secondary N) is 3. The number of anilines is 3. The molecule has 1 amide bonds. The van der Waals surface area contributed by atoms with Gasteiger partial charge in [0, 0.05) is 38.0 Å². The summed E-state index contributed by atoms with van der Waals surface area (Å²) in [5.41, 5.74) is 3.39. The number of Topliss-reactive ketones (excluding diaryl/α,β-unsaturated/α-hetero) is 1. The van der Waals surface area contributed by atoms with Crippen LogP contribution in [0.25, 0.3) is 0 Å². The Kier molecular flexibility index (Phi) is 11.7. The molecule has 12 heteroatoms. The minimum atomic E-state index is -4.56. The Morgan fingerprint density at radius 1 is 0.698 bits per heavy atom. The number of hydrogen-bond donors (Lipinski definition) is 3. The minimum Gasteiger partial charge on any atom is -0.454 e. The van der Waals surface area contributed by atoms with E-state index in [9.17, 15) is 22.8 Å². The van der Waals surface area contributed by atoms with Crippen LogP contribution in [-0.4, -0.2) is 39.4 Å². The van der Waals surface area contributed by atoms with Crippen LogP contribution >= 0.6 is 0 Å². The number of aromatic nitrogens is 3. The van der Waals surface area contributed by atoms with Gasteiger partial charge < -0.3 is 20.7 Å². The van der Waals surface area contributed by atoms with Crippen molar-refractivity contribution in [3.05, 3.63) is 65.2 Å². The van der Waals surface area contributed by atoms with Gasteiger partial charge in [0.1, 0.15) is 5.78 Å².